The number of nitrogens with one attached hydrogen (secondary N) is 1. The molecule has 3 saturated heterocycles. The van der Waals surface area contributed by atoms with Crippen molar-refractivity contribution in [2.75, 3.05) is 104 Å². The average Bonchev–Trinajstić information content (AvgIpc) is 3.60. The van der Waals surface area contributed by atoms with E-state index < -0.39 is 5.97 Å². The van der Waals surface area contributed by atoms with Crippen molar-refractivity contribution in [2.24, 2.45) is 0 Å². The van der Waals surface area contributed by atoms with Crippen LogP contribution >= 0.6 is 0 Å². The van der Waals surface area contributed by atoms with Gasteiger partial charge in [-0.2, -0.15) is 0 Å². The molecule has 0 atom stereocenters. The zero-order chi connectivity index (χ0) is 59.3. The SMILES string of the molecule is COC(=O)c1ccc(CNc2cc(C(=O)N3CCOCC3)ccc2N)cc1.COC(=O)c1ccc(Cn2c(C)nc3ccc(C(=O)N4CCOCC4)cc32)cc1.Cc1nc2ccc(C(=O)N3CCOCC3)cc2n1Cc1ccc(C(=O)O)cc1. The first kappa shape index (κ1) is 59.2. The summed E-state index contributed by atoms with van der Waals surface area (Å²) < 4.78 is 29.5. The summed E-state index contributed by atoms with van der Waals surface area (Å²) in [6, 6.07) is 37.7. The molecular formula is C63H67N9O12. The highest BCUT2D eigenvalue weighted by Crippen LogP contribution is 2.25. The van der Waals surface area contributed by atoms with Crippen molar-refractivity contribution in [3.63, 3.8) is 0 Å². The number of carboxylic acid groups (broad SMARTS) is 1. The molecule has 2 aromatic heterocycles. The molecule has 0 radical (unpaired) electrons. The maximum Gasteiger partial charge on any atom is 0.337 e. The molecule has 11 rings (SSSR count). The lowest BCUT2D eigenvalue weighted by molar-refractivity contribution is 0.0301. The summed E-state index contributed by atoms with van der Waals surface area (Å²) in [6.45, 7) is 12.6. The van der Waals surface area contributed by atoms with E-state index in [1.807, 2.05) is 88.9 Å². The second-order valence-corrected chi connectivity index (χ2v) is 20.1. The monoisotopic (exact) mass is 1140 g/mol. The number of aromatic carboxylic acids is 1. The Kier molecular flexibility index (Phi) is 19.4. The molecular weight excluding hydrogens is 1070 g/mol. The number of anilines is 2. The zero-order valence-corrected chi connectivity index (χ0v) is 47.4. The van der Waals surface area contributed by atoms with Gasteiger partial charge >= 0.3 is 17.9 Å². The van der Waals surface area contributed by atoms with Crippen LogP contribution in [0.4, 0.5) is 11.4 Å². The molecule has 84 heavy (non-hydrogen) atoms. The number of aryl methyl sites for hydroxylation is 2. The van der Waals surface area contributed by atoms with Crippen molar-refractivity contribution in [3.8, 4) is 0 Å². The van der Waals surface area contributed by atoms with Gasteiger partial charge in [0.1, 0.15) is 11.6 Å². The molecule has 0 unspecified atom stereocenters. The lowest BCUT2D eigenvalue weighted by Crippen LogP contribution is -2.40. The molecule has 3 amide bonds. The Bertz CT molecular complexity index is 3660. The number of aromatic nitrogens is 4. The summed E-state index contributed by atoms with van der Waals surface area (Å²) in [5.74, 6) is 0.0387. The van der Waals surface area contributed by atoms with Crippen LogP contribution in [0.15, 0.2) is 127 Å². The number of methoxy groups -OCH3 is 2. The highest BCUT2D eigenvalue weighted by molar-refractivity contribution is 5.99. The van der Waals surface area contributed by atoms with Gasteiger partial charge in [0, 0.05) is 75.6 Å². The van der Waals surface area contributed by atoms with Gasteiger partial charge in [0.2, 0.25) is 0 Å². The van der Waals surface area contributed by atoms with E-state index in [2.05, 4.69) is 19.9 Å². The van der Waals surface area contributed by atoms with Gasteiger partial charge in [-0.1, -0.05) is 36.4 Å². The highest BCUT2D eigenvalue weighted by Gasteiger charge is 2.23. The molecule has 5 heterocycles. The number of nitrogens with zero attached hydrogens (tertiary/aromatic N) is 7. The Morgan fingerprint density at radius 1 is 0.488 bits per heavy atom. The number of carboxylic acids is 1. The summed E-state index contributed by atoms with van der Waals surface area (Å²) in [5.41, 5.74) is 16.9. The maximum absolute atomic E-state index is 12.8. The van der Waals surface area contributed by atoms with Gasteiger partial charge in [0.15, 0.2) is 0 Å². The third kappa shape index (κ3) is 14.4. The van der Waals surface area contributed by atoms with Crippen LogP contribution in [0.5, 0.6) is 0 Å². The van der Waals surface area contributed by atoms with Gasteiger partial charge in [-0.05, 0) is 122 Å². The molecule has 6 aromatic carbocycles. The third-order valence-electron chi connectivity index (χ3n) is 14.7. The molecule has 0 bridgehead atoms. The molecule has 8 aromatic rings. The van der Waals surface area contributed by atoms with Gasteiger partial charge in [0.25, 0.3) is 17.7 Å². The van der Waals surface area contributed by atoms with Crippen molar-refractivity contribution in [1.29, 1.82) is 0 Å². The number of hydrogen-bond donors (Lipinski definition) is 3. The first-order valence-corrected chi connectivity index (χ1v) is 27.5. The molecule has 4 N–H and O–H groups in total. The number of benzene rings is 6. The first-order valence-electron chi connectivity index (χ1n) is 27.5. The van der Waals surface area contributed by atoms with Gasteiger partial charge in [-0.25, -0.2) is 24.4 Å². The van der Waals surface area contributed by atoms with E-state index in [1.165, 1.54) is 14.2 Å². The number of carbonyl (C=O) groups is 6. The molecule has 0 saturated carbocycles. The van der Waals surface area contributed by atoms with Crippen molar-refractivity contribution in [3.05, 3.63) is 189 Å². The number of nitrogen functional groups attached to an aromatic ring is 1. The number of esters is 2. The molecule has 21 heteroatoms. The number of rotatable bonds is 13. The quantitative estimate of drug-likeness (QED) is 0.0753. The van der Waals surface area contributed by atoms with Gasteiger partial charge in [0.05, 0.1) is 104 Å². The topological polar surface area (TPSA) is 252 Å². The minimum Gasteiger partial charge on any atom is -0.478 e. The van der Waals surface area contributed by atoms with Crippen molar-refractivity contribution in [2.45, 2.75) is 33.5 Å². The largest absolute Gasteiger partial charge is 0.478 e. The van der Waals surface area contributed by atoms with Crippen LogP contribution in [0, 0.1) is 13.8 Å². The minimum atomic E-state index is -0.943. The van der Waals surface area contributed by atoms with Crippen LogP contribution in [-0.2, 0) is 43.3 Å². The molecule has 0 aliphatic carbocycles. The van der Waals surface area contributed by atoms with E-state index in [9.17, 15) is 28.8 Å². The Morgan fingerprint density at radius 3 is 1.21 bits per heavy atom. The fraction of sp³-hybridized carbons (Fsp3) is 0.302. The van der Waals surface area contributed by atoms with Gasteiger partial charge < -0.3 is 63.7 Å². The third-order valence-corrected chi connectivity index (χ3v) is 14.7. The molecule has 0 spiro atoms. The maximum atomic E-state index is 12.8. The van der Waals surface area contributed by atoms with E-state index in [1.54, 1.807) is 71.6 Å². The van der Waals surface area contributed by atoms with Crippen LogP contribution in [0.25, 0.3) is 22.1 Å². The smallest absolute Gasteiger partial charge is 0.337 e. The normalized spacial score (nSPS) is 14.2. The van der Waals surface area contributed by atoms with E-state index in [-0.39, 0.29) is 35.2 Å². The number of hydrogen-bond acceptors (Lipinski definition) is 15. The predicted molar refractivity (Wildman–Crippen MR) is 314 cm³/mol. The molecule has 3 aliphatic rings. The van der Waals surface area contributed by atoms with E-state index in [0.717, 1.165) is 50.4 Å². The number of ether oxygens (including phenoxy) is 5. The van der Waals surface area contributed by atoms with E-state index in [4.69, 9.17) is 34.5 Å². The van der Waals surface area contributed by atoms with E-state index >= 15 is 0 Å². The lowest BCUT2D eigenvalue weighted by Gasteiger charge is -2.27. The minimum absolute atomic E-state index is 0.00131. The Balaban J connectivity index is 0.000000151. The molecule has 436 valence electrons. The second kappa shape index (κ2) is 27.6. The van der Waals surface area contributed by atoms with Crippen LogP contribution in [0.1, 0.15) is 90.5 Å². The summed E-state index contributed by atoms with van der Waals surface area (Å²) in [5, 5.41) is 12.3. The lowest BCUT2D eigenvalue weighted by atomic mass is 10.1. The second-order valence-electron chi connectivity index (χ2n) is 20.1. The predicted octanol–water partition coefficient (Wildman–Crippen LogP) is 7.36. The van der Waals surface area contributed by atoms with Crippen LogP contribution < -0.4 is 11.1 Å². The Hall–Kier alpha value is -9.44. The number of nitrogens with two attached hydrogens (primary N) is 1. The van der Waals surface area contributed by atoms with Crippen molar-refractivity contribution < 1.29 is 57.6 Å². The number of carbonyl (C=O) groups excluding carboxylic acids is 5. The summed E-state index contributed by atoms with van der Waals surface area (Å²) in [4.78, 5) is 87.0. The summed E-state index contributed by atoms with van der Waals surface area (Å²) >= 11 is 0. The molecule has 21 nitrogen and oxygen atoms in total. The van der Waals surface area contributed by atoms with Crippen LogP contribution in [0.2, 0.25) is 0 Å². The zero-order valence-electron chi connectivity index (χ0n) is 47.4. The Morgan fingerprint density at radius 2 is 0.833 bits per heavy atom. The number of amides is 3. The standard InChI is InChI=1S/C22H23N3O4.C21H21N3O4.C20H23N3O4/c1-15-23-19-8-7-18(21(26)24-9-11-29-12-10-24)13-20(19)25(15)14-16-3-5-17(6-4-16)22(27)28-2;1-14-22-18-7-6-17(20(25)23-8-10-28-11-9-23)12-19(18)24(14)13-15-2-4-16(5-3-15)21(26)27;1-26-20(25)15-4-2-14(3-5-15)13-22-18-12-16(6-7-17(18)21)19(24)23-8-10-27-11-9-23/h3-8,13H,9-12,14H2,1-2H3;2-7,12H,8-11,13H2,1H3,(H,26,27);2-7,12,22H,8-11,13,21H2,1H3. The van der Waals surface area contributed by atoms with Crippen LogP contribution in [-0.4, -0.2) is 168 Å². The molecule has 3 fully saturated rings. The van der Waals surface area contributed by atoms with Gasteiger partial charge in [-0.3, -0.25) is 14.4 Å². The fourth-order valence-electron chi connectivity index (χ4n) is 9.90. The van der Waals surface area contributed by atoms with Crippen molar-refractivity contribution in [1.82, 2.24) is 33.8 Å². The fourth-order valence-corrected chi connectivity index (χ4v) is 9.90. The summed E-state index contributed by atoms with van der Waals surface area (Å²) in [7, 11) is 2.72. The molecule has 3 aliphatic heterocycles. The van der Waals surface area contributed by atoms with Gasteiger partial charge in [-0.15, -0.1) is 0 Å². The number of morpholine rings is 3. The highest BCUT2D eigenvalue weighted by atomic mass is 16.5. The number of imidazole rings is 2. The average molecular weight is 1140 g/mol. The Labute approximate surface area is 485 Å². The van der Waals surface area contributed by atoms with E-state index in [0.29, 0.717) is 138 Å². The number of fused-ring (bicyclic) bond motifs is 2. The summed E-state index contributed by atoms with van der Waals surface area (Å²) in [6.07, 6.45) is 0. The first-order chi connectivity index (χ1) is 40.7. The van der Waals surface area contributed by atoms with Crippen molar-refractivity contribution >= 4 is 69.1 Å². The van der Waals surface area contributed by atoms with Crippen LogP contribution in [0.3, 0.4) is 0 Å².